The van der Waals surface area contributed by atoms with Gasteiger partial charge in [-0.15, -0.1) is 0 Å². The van der Waals surface area contributed by atoms with Gasteiger partial charge in [-0.1, -0.05) is 30.3 Å². The quantitative estimate of drug-likeness (QED) is 0.408. The molecule has 10 nitrogen and oxygen atoms in total. The molecule has 0 atom stereocenters. The van der Waals surface area contributed by atoms with Crippen LogP contribution in [0.15, 0.2) is 78.0 Å². The second-order valence-corrected chi connectivity index (χ2v) is 10.3. The molecule has 0 radical (unpaired) electrons. The van der Waals surface area contributed by atoms with Gasteiger partial charge >= 0.3 is 0 Å². The highest BCUT2D eigenvalue weighted by molar-refractivity contribution is 7.92. The molecule has 1 saturated heterocycles. The fraction of sp³-hybridized carbons (Fsp3) is 0.240. The SMILES string of the molecule is CN1CCN(c2ccc(Oc3cc(-c4ccccc4)nc(NS(=O)(=O)c4cnn(C)c4)n3)cc2)CC1. The van der Waals surface area contributed by atoms with Gasteiger partial charge < -0.3 is 14.5 Å². The van der Waals surface area contributed by atoms with Gasteiger partial charge in [0.2, 0.25) is 11.8 Å². The molecule has 1 N–H and O–H groups in total. The van der Waals surface area contributed by atoms with Gasteiger partial charge in [-0.3, -0.25) is 4.68 Å². The van der Waals surface area contributed by atoms with Crippen LogP contribution in [-0.2, 0) is 17.1 Å². The average molecular weight is 506 g/mol. The van der Waals surface area contributed by atoms with Crippen LogP contribution in [-0.4, -0.2) is 66.3 Å². The number of aromatic nitrogens is 4. The Bertz CT molecular complexity index is 1430. The molecule has 0 aliphatic carbocycles. The summed E-state index contributed by atoms with van der Waals surface area (Å²) in [7, 11) is -0.151. The first kappa shape index (κ1) is 23.8. The number of nitrogens with zero attached hydrogens (tertiary/aromatic N) is 6. The fourth-order valence-corrected chi connectivity index (χ4v) is 4.83. The molecular formula is C25H27N7O3S. The lowest BCUT2D eigenvalue weighted by Crippen LogP contribution is -2.44. The molecule has 2 aromatic heterocycles. The van der Waals surface area contributed by atoms with Crippen molar-refractivity contribution in [1.29, 1.82) is 0 Å². The summed E-state index contributed by atoms with van der Waals surface area (Å²) in [6.45, 7) is 4.01. The van der Waals surface area contributed by atoms with E-state index in [1.807, 2.05) is 54.6 Å². The van der Waals surface area contributed by atoms with Crippen molar-refractivity contribution < 1.29 is 13.2 Å². The molecule has 0 saturated carbocycles. The van der Waals surface area contributed by atoms with E-state index < -0.39 is 10.0 Å². The van der Waals surface area contributed by atoms with E-state index in [0.717, 1.165) is 37.4 Å². The first-order valence-corrected chi connectivity index (χ1v) is 13.0. The highest BCUT2D eigenvalue weighted by Crippen LogP contribution is 2.28. The number of anilines is 2. The van der Waals surface area contributed by atoms with Gasteiger partial charge in [0, 0.05) is 56.7 Å². The Labute approximate surface area is 210 Å². The van der Waals surface area contributed by atoms with Crippen LogP contribution < -0.4 is 14.4 Å². The minimum atomic E-state index is -3.93. The number of rotatable bonds is 7. The first-order valence-electron chi connectivity index (χ1n) is 11.5. The summed E-state index contributed by atoms with van der Waals surface area (Å²) < 4.78 is 35.6. The standard InChI is InChI=1S/C25H27N7O3S/c1-30-12-14-32(15-13-30)20-8-10-21(11-9-20)35-24-16-23(19-6-4-3-5-7-19)27-25(28-24)29-36(33,34)22-17-26-31(2)18-22/h3-11,16-18H,12-15H2,1-2H3,(H,27,28,29). The van der Waals surface area contributed by atoms with E-state index in [9.17, 15) is 8.42 Å². The summed E-state index contributed by atoms with van der Waals surface area (Å²) in [5.41, 5.74) is 2.46. The average Bonchev–Trinajstić information content (AvgIpc) is 3.33. The van der Waals surface area contributed by atoms with Crippen LogP contribution in [0, 0.1) is 0 Å². The highest BCUT2D eigenvalue weighted by Gasteiger charge is 2.20. The number of sulfonamides is 1. The van der Waals surface area contributed by atoms with Crippen LogP contribution in [0.1, 0.15) is 0 Å². The number of nitrogens with one attached hydrogen (secondary N) is 1. The molecule has 1 aliphatic rings. The zero-order valence-corrected chi connectivity index (χ0v) is 20.9. The topological polar surface area (TPSA) is 105 Å². The Hall–Kier alpha value is -3.96. The van der Waals surface area contributed by atoms with E-state index in [0.29, 0.717) is 11.4 Å². The number of hydrogen-bond donors (Lipinski definition) is 1. The predicted molar refractivity (Wildman–Crippen MR) is 138 cm³/mol. The van der Waals surface area contributed by atoms with Crippen LogP contribution >= 0.6 is 0 Å². The Morgan fingerprint density at radius 2 is 1.64 bits per heavy atom. The lowest BCUT2D eigenvalue weighted by Gasteiger charge is -2.34. The third-order valence-electron chi connectivity index (χ3n) is 5.92. The van der Waals surface area contributed by atoms with Crippen molar-refractivity contribution in [2.75, 3.05) is 42.8 Å². The summed E-state index contributed by atoms with van der Waals surface area (Å²) in [6.07, 6.45) is 2.67. The maximum Gasteiger partial charge on any atom is 0.267 e. The second-order valence-electron chi connectivity index (χ2n) is 8.62. The van der Waals surface area contributed by atoms with E-state index in [4.69, 9.17) is 4.74 Å². The smallest absolute Gasteiger partial charge is 0.267 e. The van der Waals surface area contributed by atoms with Gasteiger partial charge in [0.25, 0.3) is 10.0 Å². The maximum absolute atomic E-state index is 12.8. The van der Waals surface area contributed by atoms with Gasteiger partial charge in [-0.05, 0) is 31.3 Å². The van der Waals surface area contributed by atoms with E-state index in [2.05, 4.69) is 36.6 Å². The van der Waals surface area contributed by atoms with Gasteiger partial charge in [0.15, 0.2) is 0 Å². The Morgan fingerprint density at radius 1 is 0.917 bits per heavy atom. The molecule has 186 valence electrons. The van der Waals surface area contributed by atoms with Crippen LogP contribution in [0.25, 0.3) is 11.3 Å². The normalized spacial score (nSPS) is 14.6. The molecule has 3 heterocycles. The molecule has 36 heavy (non-hydrogen) atoms. The minimum absolute atomic E-state index is 0.0145. The lowest BCUT2D eigenvalue weighted by atomic mass is 10.1. The molecule has 0 unspecified atom stereocenters. The third-order valence-corrected chi connectivity index (χ3v) is 7.20. The summed E-state index contributed by atoms with van der Waals surface area (Å²) in [4.78, 5) is 13.4. The summed E-state index contributed by atoms with van der Waals surface area (Å²) >= 11 is 0. The van der Waals surface area contributed by atoms with Crippen LogP contribution in [0.4, 0.5) is 11.6 Å². The Morgan fingerprint density at radius 3 is 2.31 bits per heavy atom. The van der Waals surface area contributed by atoms with Gasteiger partial charge in [-0.25, -0.2) is 18.1 Å². The molecule has 0 amide bonds. The maximum atomic E-state index is 12.8. The van der Waals surface area contributed by atoms with Gasteiger partial charge in [-0.2, -0.15) is 10.1 Å². The summed E-state index contributed by atoms with van der Waals surface area (Å²) in [5.74, 6) is 0.719. The molecule has 1 fully saturated rings. The zero-order chi connectivity index (χ0) is 25.1. The number of aryl methyl sites for hydroxylation is 1. The van der Waals surface area contributed by atoms with Gasteiger partial charge in [0.05, 0.1) is 11.9 Å². The Balaban J connectivity index is 1.41. The van der Waals surface area contributed by atoms with Crippen molar-refractivity contribution >= 4 is 21.7 Å². The van der Waals surface area contributed by atoms with Crippen LogP contribution in [0.5, 0.6) is 11.6 Å². The Kier molecular flexibility index (Phi) is 6.57. The molecule has 1 aliphatic heterocycles. The number of benzene rings is 2. The monoisotopic (exact) mass is 505 g/mol. The van der Waals surface area contributed by atoms with Crippen molar-refractivity contribution in [3.05, 3.63) is 73.1 Å². The number of piperazine rings is 1. The number of hydrogen-bond acceptors (Lipinski definition) is 8. The van der Waals surface area contributed by atoms with Crippen LogP contribution in [0.2, 0.25) is 0 Å². The minimum Gasteiger partial charge on any atom is -0.439 e. The predicted octanol–water partition coefficient (Wildman–Crippen LogP) is 3.22. The van der Waals surface area contributed by atoms with Crippen molar-refractivity contribution in [3.8, 4) is 22.9 Å². The second kappa shape index (κ2) is 9.96. The molecular weight excluding hydrogens is 478 g/mol. The first-order chi connectivity index (χ1) is 17.4. The fourth-order valence-electron chi connectivity index (χ4n) is 3.91. The molecule has 0 spiro atoms. The number of ether oxygens (including phenoxy) is 1. The van der Waals surface area contributed by atoms with Crippen molar-refractivity contribution in [2.45, 2.75) is 4.90 Å². The largest absolute Gasteiger partial charge is 0.439 e. The molecule has 11 heteroatoms. The van der Waals surface area contributed by atoms with Crippen molar-refractivity contribution in [2.24, 2.45) is 7.05 Å². The zero-order valence-electron chi connectivity index (χ0n) is 20.1. The summed E-state index contributed by atoms with van der Waals surface area (Å²) in [6, 6.07) is 18.9. The third kappa shape index (κ3) is 5.47. The van der Waals surface area contributed by atoms with E-state index in [1.165, 1.54) is 17.1 Å². The summed E-state index contributed by atoms with van der Waals surface area (Å²) in [5, 5.41) is 3.93. The van der Waals surface area contributed by atoms with Crippen molar-refractivity contribution in [3.63, 3.8) is 0 Å². The highest BCUT2D eigenvalue weighted by atomic mass is 32.2. The van der Waals surface area contributed by atoms with E-state index in [-0.39, 0.29) is 16.7 Å². The number of likely N-dealkylation sites (N-methyl/N-ethyl adjacent to an activating group) is 1. The molecule has 4 aromatic rings. The lowest BCUT2D eigenvalue weighted by molar-refractivity contribution is 0.313. The van der Waals surface area contributed by atoms with E-state index >= 15 is 0 Å². The van der Waals surface area contributed by atoms with Crippen molar-refractivity contribution in [1.82, 2.24) is 24.6 Å². The van der Waals surface area contributed by atoms with E-state index in [1.54, 1.807) is 13.1 Å². The molecule has 0 bridgehead atoms. The van der Waals surface area contributed by atoms with Gasteiger partial charge in [0.1, 0.15) is 10.6 Å². The van der Waals surface area contributed by atoms with Crippen LogP contribution in [0.3, 0.4) is 0 Å². The molecule has 5 rings (SSSR count). The molecule has 2 aromatic carbocycles.